The Morgan fingerprint density at radius 1 is 0.905 bits per heavy atom. The highest BCUT2D eigenvalue weighted by molar-refractivity contribution is 6.31. The first kappa shape index (κ1) is 16.1. The van der Waals surface area contributed by atoms with Gasteiger partial charge in [0.25, 0.3) is 0 Å². The summed E-state index contributed by atoms with van der Waals surface area (Å²) < 4.78 is 0. The molecule has 2 aromatic rings. The minimum Gasteiger partial charge on any atom is -0.306 e. The molecule has 0 aromatic heterocycles. The standard InChI is InChI=1S/C19H24ClN/c1-6-21-19(16-8-12(2)7-13(3)9-16)17-10-14(4)15(5)11-18(17)20/h7-11,19,21H,6H2,1-5H3. The summed E-state index contributed by atoms with van der Waals surface area (Å²) in [5, 5.41) is 4.41. The molecular formula is C19H24ClN. The number of rotatable bonds is 4. The molecule has 0 saturated heterocycles. The maximum atomic E-state index is 6.52. The van der Waals surface area contributed by atoms with E-state index in [1.54, 1.807) is 0 Å². The van der Waals surface area contributed by atoms with Gasteiger partial charge in [0.1, 0.15) is 0 Å². The van der Waals surface area contributed by atoms with Crippen molar-refractivity contribution >= 4 is 11.6 Å². The SMILES string of the molecule is CCNC(c1cc(C)cc(C)c1)c1cc(C)c(C)cc1Cl. The highest BCUT2D eigenvalue weighted by atomic mass is 35.5. The zero-order valence-electron chi connectivity index (χ0n) is 13.5. The summed E-state index contributed by atoms with van der Waals surface area (Å²) in [6, 6.07) is 11.1. The number of hydrogen-bond acceptors (Lipinski definition) is 1. The normalized spacial score (nSPS) is 12.5. The Morgan fingerprint density at radius 3 is 2.05 bits per heavy atom. The first-order chi connectivity index (χ1) is 9.92. The zero-order valence-corrected chi connectivity index (χ0v) is 14.3. The molecular weight excluding hydrogens is 278 g/mol. The topological polar surface area (TPSA) is 12.0 Å². The Morgan fingerprint density at radius 2 is 1.48 bits per heavy atom. The maximum absolute atomic E-state index is 6.52. The number of nitrogens with one attached hydrogen (secondary N) is 1. The van der Waals surface area contributed by atoms with E-state index in [0.29, 0.717) is 0 Å². The van der Waals surface area contributed by atoms with Crippen molar-refractivity contribution in [3.8, 4) is 0 Å². The lowest BCUT2D eigenvalue weighted by atomic mass is 9.93. The molecule has 0 aliphatic heterocycles. The Labute approximate surface area is 133 Å². The van der Waals surface area contributed by atoms with Crippen LogP contribution in [0, 0.1) is 27.7 Å². The van der Waals surface area contributed by atoms with Crippen LogP contribution in [0.1, 0.15) is 46.3 Å². The minimum absolute atomic E-state index is 0.139. The fourth-order valence-electron chi connectivity index (χ4n) is 2.81. The second-order valence-corrected chi connectivity index (χ2v) is 6.28. The molecule has 0 aliphatic rings. The molecule has 0 aliphatic carbocycles. The van der Waals surface area contributed by atoms with Crippen molar-refractivity contribution in [3.05, 3.63) is 68.7 Å². The van der Waals surface area contributed by atoms with Gasteiger partial charge in [-0.05, 0) is 62.6 Å². The Hall–Kier alpha value is -1.31. The van der Waals surface area contributed by atoms with Crippen LogP contribution >= 0.6 is 11.6 Å². The summed E-state index contributed by atoms with van der Waals surface area (Å²) in [6.45, 7) is 11.6. The molecule has 0 radical (unpaired) electrons. The smallest absolute Gasteiger partial charge is 0.0591 e. The van der Waals surface area contributed by atoms with Crippen LogP contribution in [-0.4, -0.2) is 6.54 Å². The van der Waals surface area contributed by atoms with Gasteiger partial charge in [-0.1, -0.05) is 53.9 Å². The Balaban J connectivity index is 2.55. The van der Waals surface area contributed by atoms with E-state index >= 15 is 0 Å². The van der Waals surface area contributed by atoms with Crippen LogP contribution in [0.2, 0.25) is 5.02 Å². The molecule has 1 unspecified atom stereocenters. The van der Waals surface area contributed by atoms with E-state index < -0.39 is 0 Å². The molecule has 1 N–H and O–H groups in total. The van der Waals surface area contributed by atoms with Crippen molar-refractivity contribution in [2.45, 2.75) is 40.7 Å². The van der Waals surface area contributed by atoms with Crippen molar-refractivity contribution in [1.29, 1.82) is 0 Å². The average molecular weight is 302 g/mol. The summed E-state index contributed by atoms with van der Waals surface area (Å²) in [7, 11) is 0. The molecule has 1 atom stereocenters. The van der Waals surface area contributed by atoms with Gasteiger partial charge in [0.15, 0.2) is 0 Å². The average Bonchev–Trinajstić information content (AvgIpc) is 2.39. The zero-order chi connectivity index (χ0) is 15.6. The van der Waals surface area contributed by atoms with Gasteiger partial charge in [-0.2, -0.15) is 0 Å². The van der Waals surface area contributed by atoms with Crippen molar-refractivity contribution in [2.75, 3.05) is 6.54 Å². The molecule has 0 amide bonds. The van der Waals surface area contributed by atoms with Gasteiger partial charge in [-0.25, -0.2) is 0 Å². The number of benzene rings is 2. The van der Waals surface area contributed by atoms with E-state index in [4.69, 9.17) is 11.6 Å². The molecule has 0 heterocycles. The van der Waals surface area contributed by atoms with Crippen molar-refractivity contribution in [2.24, 2.45) is 0 Å². The van der Waals surface area contributed by atoms with Crippen LogP contribution in [0.15, 0.2) is 30.3 Å². The van der Waals surface area contributed by atoms with Gasteiger partial charge in [0, 0.05) is 5.02 Å². The molecule has 0 saturated carbocycles. The Kier molecular flexibility index (Phi) is 5.08. The number of halogens is 1. The van der Waals surface area contributed by atoms with Crippen LogP contribution in [0.25, 0.3) is 0 Å². The highest BCUT2D eigenvalue weighted by Crippen LogP contribution is 2.31. The van der Waals surface area contributed by atoms with Gasteiger partial charge in [0.05, 0.1) is 6.04 Å². The van der Waals surface area contributed by atoms with E-state index in [0.717, 1.165) is 17.1 Å². The Bertz CT molecular complexity index is 626. The molecule has 2 aromatic carbocycles. The van der Waals surface area contributed by atoms with Gasteiger partial charge in [-0.3, -0.25) is 0 Å². The molecule has 21 heavy (non-hydrogen) atoms. The third kappa shape index (κ3) is 3.66. The van der Waals surface area contributed by atoms with Gasteiger partial charge in [-0.15, -0.1) is 0 Å². The third-order valence-corrected chi connectivity index (χ3v) is 4.24. The first-order valence-electron chi connectivity index (χ1n) is 7.50. The van der Waals surface area contributed by atoms with Crippen LogP contribution in [0.5, 0.6) is 0 Å². The largest absolute Gasteiger partial charge is 0.306 e. The van der Waals surface area contributed by atoms with Crippen LogP contribution in [0.3, 0.4) is 0 Å². The monoisotopic (exact) mass is 301 g/mol. The van der Waals surface area contributed by atoms with E-state index in [9.17, 15) is 0 Å². The second-order valence-electron chi connectivity index (χ2n) is 5.87. The quantitative estimate of drug-likeness (QED) is 0.811. The van der Waals surface area contributed by atoms with Crippen LogP contribution in [-0.2, 0) is 0 Å². The lowest BCUT2D eigenvalue weighted by Gasteiger charge is -2.22. The highest BCUT2D eigenvalue weighted by Gasteiger charge is 2.17. The van der Waals surface area contributed by atoms with Crippen LogP contribution in [0.4, 0.5) is 0 Å². The summed E-state index contributed by atoms with van der Waals surface area (Å²) in [6.07, 6.45) is 0. The van der Waals surface area contributed by atoms with Crippen LogP contribution < -0.4 is 5.32 Å². The number of aryl methyl sites for hydroxylation is 4. The van der Waals surface area contributed by atoms with E-state index in [1.807, 2.05) is 0 Å². The summed E-state index contributed by atoms with van der Waals surface area (Å²) in [4.78, 5) is 0. The predicted molar refractivity (Wildman–Crippen MR) is 92.4 cm³/mol. The lowest BCUT2D eigenvalue weighted by molar-refractivity contribution is 0.629. The molecule has 0 fully saturated rings. The third-order valence-electron chi connectivity index (χ3n) is 3.91. The molecule has 2 heteroatoms. The molecule has 0 spiro atoms. The van der Waals surface area contributed by atoms with E-state index in [-0.39, 0.29) is 6.04 Å². The lowest BCUT2D eigenvalue weighted by Crippen LogP contribution is -2.22. The molecule has 1 nitrogen and oxygen atoms in total. The molecule has 112 valence electrons. The fraction of sp³-hybridized carbons (Fsp3) is 0.368. The van der Waals surface area contributed by atoms with Crippen molar-refractivity contribution in [3.63, 3.8) is 0 Å². The van der Waals surface area contributed by atoms with Crippen molar-refractivity contribution in [1.82, 2.24) is 5.32 Å². The maximum Gasteiger partial charge on any atom is 0.0591 e. The van der Waals surface area contributed by atoms with Gasteiger partial charge >= 0.3 is 0 Å². The van der Waals surface area contributed by atoms with E-state index in [2.05, 4.69) is 70.3 Å². The predicted octanol–water partition coefficient (Wildman–Crippen LogP) is 5.27. The van der Waals surface area contributed by atoms with Crippen molar-refractivity contribution < 1.29 is 0 Å². The molecule has 0 bridgehead atoms. The molecule has 2 rings (SSSR count). The summed E-state index contributed by atoms with van der Waals surface area (Å²) in [5.74, 6) is 0. The summed E-state index contributed by atoms with van der Waals surface area (Å²) in [5.41, 5.74) is 7.52. The van der Waals surface area contributed by atoms with E-state index in [1.165, 1.54) is 27.8 Å². The minimum atomic E-state index is 0.139. The second kappa shape index (κ2) is 6.64. The van der Waals surface area contributed by atoms with Gasteiger partial charge in [0.2, 0.25) is 0 Å². The fourth-order valence-corrected chi connectivity index (χ4v) is 3.14. The van der Waals surface area contributed by atoms with Gasteiger partial charge < -0.3 is 5.32 Å². The first-order valence-corrected chi connectivity index (χ1v) is 7.88. The number of hydrogen-bond donors (Lipinski definition) is 1. The summed E-state index contributed by atoms with van der Waals surface area (Å²) >= 11 is 6.52.